The van der Waals surface area contributed by atoms with E-state index in [2.05, 4.69) is 9.97 Å². The maximum atomic E-state index is 13.0. The van der Waals surface area contributed by atoms with Crippen molar-refractivity contribution in [2.24, 2.45) is 0 Å². The van der Waals surface area contributed by atoms with Gasteiger partial charge in [0.05, 0.1) is 6.61 Å². The first kappa shape index (κ1) is 12.4. The minimum absolute atomic E-state index is 0.0755. The van der Waals surface area contributed by atoms with E-state index in [0.29, 0.717) is 18.1 Å². The monoisotopic (exact) mass is 247 g/mol. The van der Waals surface area contributed by atoms with Crippen LogP contribution in [0, 0.1) is 5.82 Å². The average molecular weight is 247 g/mol. The summed E-state index contributed by atoms with van der Waals surface area (Å²) in [5.41, 5.74) is 1.52. The Hall–Kier alpha value is -2.01. The van der Waals surface area contributed by atoms with Gasteiger partial charge in [0.25, 0.3) is 0 Å². The van der Waals surface area contributed by atoms with Crippen LogP contribution in [0.15, 0.2) is 36.7 Å². The third kappa shape index (κ3) is 3.01. The van der Waals surface area contributed by atoms with Gasteiger partial charge >= 0.3 is 0 Å². The summed E-state index contributed by atoms with van der Waals surface area (Å²) in [6.07, 6.45) is 3.15. The maximum Gasteiger partial charge on any atom is 0.225 e. The molecule has 0 saturated heterocycles. The van der Waals surface area contributed by atoms with Crippen molar-refractivity contribution in [2.75, 3.05) is 11.9 Å². The molecule has 18 heavy (non-hydrogen) atoms. The summed E-state index contributed by atoms with van der Waals surface area (Å²) in [5, 5.41) is 8.90. The molecule has 4 nitrogen and oxygen atoms in total. The number of aliphatic hydroxyl groups excluding tert-OH is 1. The summed E-state index contributed by atoms with van der Waals surface area (Å²) in [5.74, 6) is 0.286. The van der Waals surface area contributed by atoms with E-state index in [1.54, 1.807) is 18.5 Å². The van der Waals surface area contributed by atoms with Crippen LogP contribution in [0.5, 0.6) is 0 Å². The molecule has 0 unspecified atom stereocenters. The molecule has 1 aromatic heterocycles. The van der Waals surface area contributed by atoms with Gasteiger partial charge in [0.15, 0.2) is 0 Å². The first-order chi connectivity index (χ1) is 8.69. The van der Waals surface area contributed by atoms with Gasteiger partial charge in [-0.3, -0.25) is 0 Å². The van der Waals surface area contributed by atoms with Crippen LogP contribution in [0.25, 0.3) is 0 Å². The molecule has 2 aromatic rings. The number of rotatable bonds is 4. The van der Waals surface area contributed by atoms with Crippen LogP contribution >= 0.6 is 0 Å². The van der Waals surface area contributed by atoms with Crippen molar-refractivity contribution in [2.45, 2.75) is 13.2 Å². The van der Waals surface area contributed by atoms with Gasteiger partial charge in [-0.2, -0.15) is 0 Å². The van der Waals surface area contributed by atoms with Crippen molar-refractivity contribution in [1.82, 2.24) is 9.97 Å². The van der Waals surface area contributed by atoms with E-state index >= 15 is 0 Å². The van der Waals surface area contributed by atoms with Crippen LogP contribution in [0.2, 0.25) is 0 Å². The van der Waals surface area contributed by atoms with Crippen LogP contribution in [0.4, 0.5) is 10.3 Å². The molecule has 5 heteroatoms. The molecular weight excluding hydrogens is 233 g/mol. The number of anilines is 1. The Bertz CT molecular complexity index is 516. The number of hydrogen-bond donors (Lipinski definition) is 1. The van der Waals surface area contributed by atoms with E-state index in [1.807, 2.05) is 18.0 Å². The van der Waals surface area contributed by atoms with E-state index in [1.165, 1.54) is 12.1 Å². The smallest absolute Gasteiger partial charge is 0.225 e. The van der Waals surface area contributed by atoms with Gasteiger partial charge in [0, 0.05) is 31.5 Å². The predicted molar refractivity (Wildman–Crippen MR) is 66.5 cm³/mol. The summed E-state index contributed by atoms with van der Waals surface area (Å²) >= 11 is 0. The molecule has 0 radical (unpaired) electrons. The molecule has 0 aliphatic heterocycles. The molecular formula is C13H14FN3O. The summed E-state index contributed by atoms with van der Waals surface area (Å²) < 4.78 is 13.0. The Kier molecular flexibility index (Phi) is 3.84. The topological polar surface area (TPSA) is 49.2 Å². The van der Waals surface area contributed by atoms with Crippen molar-refractivity contribution in [1.29, 1.82) is 0 Å². The van der Waals surface area contributed by atoms with Gasteiger partial charge in [-0.1, -0.05) is 12.1 Å². The van der Waals surface area contributed by atoms with Gasteiger partial charge < -0.3 is 10.0 Å². The highest BCUT2D eigenvalue weighted by molar-refractivity contribution is 5.31. The number of benzene rings is 1. The lowest BCUT2D eigenvalue weighted by atomic mass is 10.2. The Morgan fingerprint density at radius 3 is 2.56 bits per heavy atom. The van der Waals surface area contributed by atoms with Gasteiger partial charge in [0.2, 0.25) is 5.95 Å². The van der Waals surface area contributed by atoms with E-state index in [-0.39, 0.29) is 12.4 Å². The van der Waals surface area contributed by atoms with E-state index in [4.69, 9.17) is 5.11 Å². The highest BCUT2D eigenvalue weighted by Crippen LogP contribution is 2.11. The van der Waals surface area contributed by atoms with Crippen molar-refractivity contribution in [3.05, 3.63) is 53.6 Å². The number of halogens is 1. The van der Waals surface area contributed by atoms with E-state index in [9.17, 15) is 4.39 Å². The van der Waals surface area contributed by atoms with Crippen LogP contribution in [-0.2, 0) is 13.2 Å². The molecule has 0 saturated carbocycles. The molecule has 0 aliphatic carbocycles. The number of hydrogen-bond acceptors (Lipinski definition) is 4. The molecule has 2 rings (SSSR count). The molecule has 0 aliphatic rings. The first-order valence-corrected chi connectivity index (χ1v) is 5.56. The second kappa shape index (κ2) is 5.55. The van der Waals surface area contributed by atoms with Gasteiger partial charge in [0.1, 0.15) is 5.82 Å². The number of aromatic nitrogens is 2. The second-order valence-corrected chi connectivity index (χ2v) is 4.04. The predicted octanol–water partition coefficient (Wildman–Crippen LogP) is 1.74. The molecule has 0 spiro atoms. The van der Waals surface area contributed by atoms with Crippen LogP contribution in [-0.4, -0.2) is 22.1 Å². The zero-order valence-corrected chi connectivity index (χ0v) is 10.0. The van der Waals surface area contributed by atoms with Gasteiger partial charge in [-0.25, -0.2) is 14.4 Å². The van der Waals surface area contributed by atoms with Crippen molar-refractivity contribution >= 4 is 5.95 Å². The van der Waals surface area contributed by atoms with E-state index in [0.717, 1.165) is 5.56 Å². The summed E-state index contributed by atoms with van der Waals surface area (Å²) in [4.78, 5) is 10.1. The number of aliphatic hydroxyl groups is 1. The lowest BCUT2D eigenvalue weighted by molar-refractivity contribution is 0.281. The fraction of sp³-hybridized carbons (Fsp3) is 0.231. The Morgan fingerprint density at radius 1 is 1.22 bits per heavy atom. The van der Waals surface area contributed by atoms with Crippen molar-refractivity contribution < 1.29 is 9.50 Å². The minimum Gasteiger partial charge on any atom is -0.392 e. The molecule has 0 amide bonds. The van der Waals surface area contributed by atoms with Crippen LogP contribution in [0.1, 0.15) is 11.1 Å². The highest BCUT2D eigenvalue weighted by Gasteiger charge is 2.05. The maximum absolute atomic E-state index is 13.0. The quantitative estimate of drug-likeness (QED) is 0.894. The second-order valence-electron chi connectivity index (χ2n) is 4.04. The third-order valence-electron chi connectivity index (χ3n) is 2.52. The normalized spacial score (nSPS) is 10.4. The largest absolute Gasteiger partial charge is 0.392 e. The SMILES string of the molecule is CN(Cc1cccc(F)c1)c1ncc(CO)cn1. The van der Waals surface area contributed by atoms with Gasteiger partial charge in [-0.05, 0) is 17.7 Å². The summed E-state index contributed by atoms with van der Waals surface area (Å²) in [6, 6.07) is 6.42. The standard InChI is InChI=1S/C13H14FN3O/c1-17(8-10-3-2-4-12(14)5-10)13-15-6-11(9-18)7-16-13/h2-7,18H,8-9H2,1H3. The van der Waals surface area contributed by atoms with Crippen molar-refractivity contribution in [3.63, 3.8) is 0 Å². The lowest BCUT2D eigenvalue weighted by Crippen LogP contribution is -2.19. The van der Waals surface area contributed by atoms with Gasteiger partial charge in [-0.15, -0.1) is 0 Å². The molecule has 1 N–H and O–H groups in total. The molecule has 0 fully saturated rings. The summed E-state index contributed by atoms with van der Waals surface area (Å²) in [6.45, 7) is 0.449. The van der Waals surface area contributed by atoms with Crippen LogP contribution < -0.4 is 4.90 Å². The Balaban J connectivity index is 2.09. The molecule has 0 bridgehead atoms. The van der Waals surface area contributed by atoms with Crippen molar-refractivity contribution in [3.8, 4) is 0 Å². The van der Waals surface area contributed by atoms with Crippen LogP contribution in [0.3, 0.4) is 0 Å². The minimum atomic E-state index is -0.252. The number of nitrogens with zero attached hydrogens (tertiary/aromatic N) is 3. The molecule has 0 atom stereocenters. The lowest BCUT2D eigenvalue weighted by Gasteiger charge is -2.16. The fourth-order valence-electron chi connectivity index (χ4n) is 1.61. The van der Waals surface area contributed by atoms with E-state index < -0.39 is 0 Å². The first-order valence-electron chi connectivity index (χ1n) is 5.56. The molecule has 1 heterocycles. The molecule has 1 aromatic carbocycles. The highest BCUT2D eigenvalue weighted by atomic mass is 19.1. The zero-order chi connectivity index (χ0) is 13.0. The fourth-order valence-corrected chi connectivity index (χ4v) is 1.61. The average Bonchev–Trinajstić information content (AvgIpc) is 2.39. The summed E-state index contributed by atoms with van der Waals surface area (Å²) in [7, 11) is 1.83. The Morgan fingerprint density at radius 2 is 1.94 bits per heavy atom. The Labute approximate surface area is 105 Å². The molecule has 94 valence electrons. The zero-order valence-electron chi connectivity index (χ0n) is 10.0. The third-order valence-corrected chi connectivity index (χ3v) is 2.52.